The largest absolute Gasteiger partial charge is 0.385 e. The predicted molar refractivity (Wildman–Crippen MR) is 110 cm³/mol. The zero-order valence-corrected chi connectivity index (χ0v) is 15.6. The van der Waals surface area contributed by atoms with Gasteiger partial charge in [-0.25, -0.2) is 0 Å². The average Bonchev–Trinajstić information content (AvgIpc) is 3.18. The minimum atomic E-state index is -0.119. The second kappa shape index (κ2) is 9.07. The fraction of sp³-hybridized carbons (Fsp3) is 0.333. The predicted octanol–water partition coefficient (Wildman–Crippen LogP) is 3.69. The third kappa shape index (κ3) is 5.74. The van der Waals surface area contributed by atoms with Crippen LogP contribution in [0.5, 0.6) is 0 Å². The molecular formula is C21H26N4O2. The van der Waals surface area contributed by atoms with Crippen molar-refractivity contribution in [1.29, 1.82) is 0 Å². The van der Waals surface area contributed by atoms with Gasteiger partial charge in [0, 0.05) is 55.7 Å². The summed E-state index contributed by atoms with van der Waals surface area (Å²) < 4.78 is 0. The topological polar surface area (TPSA) is 73.5 Å². The Bertz CT molecular complexity index is 766. The highest BCUT2D eigenvalue weighted by molar-refractivity contribution is 5.92. The maximum Gasteiger partial charge on any atom is 0.226 e. The molecule has 0 unspecified atom stereocenters. The summed E-state index contributed by atoms with van der Waals surface area (Å²) in [6.07, 6.45) is 2.91. The van der Waals surface area contributed by atoms with Crippen LogP contribution in [0, 0.1) is 0 Å². The van der Waals surface area contributed by atoms with Gasteiger partial charge >= 0.3 is 0 Å². The number of carbonyl (C=O) groups is 2. The lowest BCUT2D eigenvalue weighted by Crippen LogP contribution is -2.18. The lowest BCUT2D eigenvalue weighted by Gasteiger charge is -2.18. The summed E-state index contributed by atoms with van der Waals surface area (Å²) in [5, 5.41) is 8.83. The summed E-state index contributed by atoms with van der Waals surface area (Å²) in [7, 11) is 0. The highest BCUT2D eigenvalue weighted by Gasteiger charge is 2.11. The normalized spacial score (nSPS) is 13.3. The maximum atomic E-state index is 12.1. The third-order valence-corrected chi connectivity index (χ3v) is 4.51. The van der Waals surface area contributed by atoms with E-state index in [1.165, 1.54) is 25.5 Å². The molecule has 0 aliphatic carbocycles. The van der Waals surface area contributed by atoms with Crippen LogP contribution in [-0.4, -0.2) is 31.4 Å². The van der Waals surface area contributed by atoms with Crippen LogP contribution < -0.4 is 20.9 Å². The fourth-order valence-corrected chi connectivity index (χ4v) is 3.15. The van der Waals surface area contributed by atoms with Gasteiger partial charge in [0.2, 0.25) is 11.8 Å². The highest BCUT2D eigenvalue weighted by atomic mass is 16.2. The SMILES string of the molecule is CC(=O)Nc1ccc(NC(=O)CCNc2ccc(N3CCCC3)cc2)cc1. The molecule has 2 aromatic carbocycles. The molecule has 6 heteroatoms. The molecule has 1 aliphatic heterocycles. The van der Waals surface area contributed by atoms with Gasteiger partial charge in [0.05, 0.1) is 0 Å². The van der Waals surface area contributed by atoms with Crippen LogP contribution in [0.15, 0.2) is 48.5 Å². The molecule has 2 aromatic rings. The van der Waals surface area contributed by atoms with Gasteiger partial charge in [-0.15, -0.1) is 0 Å². The molecule has 1 heterocycles. The molecule has 1 aliphatic rings. The number of nitrogens with zero attached hydrogens (tertiary/aromatic N) is 1. The maximum absolute atomic E-state index is 12.1. The van der Waals surface area contributed by atoms with Gasteiger partial charge < -0.3 is 20.9 Å². The Hall–Kier alpha value is -3.02. The van der Waals surface area contributed by atoms with Crippen molar-refractivity contribution in [3.63, 3.8) is 0 Å². The van der Waals surface area contributed by atoms with Gasteiger partial charge in [0.15, 0.2) is 0 Å². The van der Waals surface area contributed by atoms with E-state index in [9.17, 15) is 9.59 Å². The van der Waals surface area contributed by atoms with Gasteiger partial charge in [-0.3, -0.25) is 9.59 Å². The molecule has 1 saturated heterocycles. The molecule has 142 valence electrons. The smallest absolute Gasteiger partial charge is 0.226 e. The lowest BCUT2D eigenvalue weighted by molar-refractivity contribution is -0.116. The first kappa shape index (κ1) is 18.8. The number of hydrogen-bond donors (Lipinski definition) is 3. The minimum Gasteiger partial charge on any atom is -0.385 e. The van der Waals surface area contributed by atoms with E-state index < -0.39 is 0 Å². The van der Waals surface area contributed by atoms with E-state index in [1.807, 2.05) is 0 Å². The van der Waals surface area contributed by atoms with Gasteiger partial charge in [0.1, 0.15) is 0 Å². The summed E-state index contributed by atoms with van der Waals surface area (Å²) in [4.78, 5) is 25.5. The van der Waals surface area contributed by atoms with Crippen LogP contribution in [0.1, 0.15) is 26.2 Å². The van der Waals surface area contributed by atoms with Gasteiger partial charge in [-0.2, -0.15) is 0 Å². The van der Waals surface area contributed by atoms with Crippen LogP contribution >= 0.6 is 0 Å². The Labute approximate surface area is 159 Å². The van der Waals surface area contributed by atoms with E-state index in [4.69, 9.17) is 0 Å². The van der Waals surface area contributed by atoms with E-state index in [2.05, 4.69) is 45.1 Å². The van der Waals surface area contributed by atoms with Crippen LogP contribution in [0.2, 0.25) is 0 Å². The van der Waals surface area contributed by atoms with Crippen molar-refractivity contribution in [2.24, 2.45) is 0 Å². The molecule has 0 bridgehead atoms. The Kier molecular flexibility index (Phi) is 6.30. The summed E-state index contributed by atoms with van der Waals surface area (Å²) >= 11 is 0. The number of amides is 2. The molecule has 3 N–H and O–H groups in total. The molecule has 6 nitrogen and oxygen atoms in total. The molecule has 1 fully saturated rings. The summed E-state index contributed by atoms with van der Waals surface area (Å²) in [5.41, 5.74) is 3.70. The van der Waals surface area contributed by atoms with Crippen molar-refractivity contribution < 1.29 is 9.59 Å². The summed E-state index contributed by atoms with van der Waals surface area (Å²) in [6, 6.07) is 15.4. The van der Waals surface area contributed by atoms with E-state index in [0.29, 0.717) is 24.3 Å². The zero-order valence-electron chi connectivity index (χ0n) is 15.6. The third-order valence-electron chi connectivity index (χ3n) is 4.51. The standard InChI is InChI=1S/C21H26N4O2/c1-16(26)23-18-4-6-19(7-5-18)24-21(27)12-13-22-17-8-10-20(11-9-17)25-14-2-3-15-25/h4-11,22H,2-3,12-15H2,1H3,(H,23,26)(H,24,27). The summed E-state index contributed by atoms with van der Waals surface area (Å²) in [5.74, 6) is -0.171. The van der Waals surface area contributed by atoms with E-state index >= 15 is 0 Å². The quantitative estimate of drug-likeness (QED) is 0.699. The van der Waals surface area contributed by atoms with E-state index in [-0.39, 0.29) is 11.8 Å². The number of anilines is 4. The Morgan fingerprint density at radius 2 is 1.41 bits per heavy atom. The molecule has 27 heavy (non-hydrogen) atoms. The molecule has 3 rings (SSSR count). The van der Waals surface area contributed by atoms with Crippen LogP contribution in [0.4, 0.5) is 22.7 Å². The zero-order chi connectivity index (χ0) is 19.1. The summed E-state index contributed by atoms with van der Waals surface area (Å²) in [6.45, 7) is 4.30. The number of nitrogens with one attached hydrogen (secondary N) is 3. The van der Waals surface area contributed by atoms with Crippen molar-refractivity contribution in [2.75, 3.05) is 40.5 Å². The Morgan fingerprint density at radius 3 is 2.00 bits per heavy atom. The van der Waals surface area contributed by atoms with Gasteiger partial charge in [-0.05, 0) is 61.4 Å². The van der Waals surface area contributed by atoms with E-state index in [1.54, 1.807) is 24.3 Å². The molecule has 2 amide bonds. The minimum absolute atomic E-state index is 0.0523. The lowest BCUT2D eigenvalue weighted by atomic mass is 10.2. The number of carbonyl (C=O) groups excluding carboxylic acids is 2. The van der Waals surface area contributed by atoms with Crippen molar-refractivity contribution >= 4 is 34.6 Å². The van der Waals surface area contributed by atoms with Crippen molar-refractivity contribution in [3.05, 3.63) is 48.5 Å². The molecular weight excluding hydrogens is 340 g/mol. The fourth-order valence-electron chi connectivity index (χ4n) is 3.15. The van der Waals surface area contributed by atoms with Crippen LogP contribution in [-0.2, 0) is 9.59 Å². The van der Waals surface area contributed by atoms with Crippen molar-refractivity contribution in [1.82, 2.24) is 0 Å². The molecule has 0 saturated carbocycles. The second-order valence-corrected chi connectivity index (χ2v) is 6.72. The first-order chi connectivity index (χ1) is 13.1. The average molecular weight is 366 g/mol. The Balaban J connectivity index is 1.40. The highest BCUT2D eigenvalue weighted by Crippen LogP contribution is 2.22. The first-order valence-corrected chi connectivity index (χ1v) is 9.36. The van der Waals surface area contributed by atoms with Gasteiger partial charge in [-0.1, -0.05) is 0 Å². The number of rotatable bonds is 7. The molecule has 0 radical (unpaired) electrons. The number of benzene rings is 2. The monoisotopic (exact) mass is 366 g/mol. The van der Waals surface area contributed by atoms with Gasteiger partial charge in [0.25, 0.3) is 0 Å². The molecule has 0 atom stereocenters. The second-order valence-electron chi connectivity index (χ2n) is 6.72. The first-order valence-electron chi connectivity index (χ1n) is 9.36. The van der Waals surface area contributed by atoms with Crippen molar-refractivity contribution in [3.8, 4) is 0 Å². The van der Waals surface area contributed by atoms with Crippen LogP contribution in [0.25, 0.3) is 0 Å². The van der Waals surface area contributed by atoms with E-state index in [0.717, 1.165) is 18.8 Å². The molecule has 0 aromatic heterocycles. The molecule has 0 spiro atoms. The number of hydrogen-bond acceptors (Lipinski definition) is 4. The van der Waals surface area contributed by atoms with Crippen LogP contribution in [0.3, 0.4) is 0 Å². The van der Waals surface area contributed by atoms with Crippen molar-refractivity contribution in [2.45, 2.75) is 26.2 Å². The Morgan fingerprint density at radius 1 is 0.852 bits per heavy atom.